The van der Waals surface area contributed by atoms with Crippen molar-refractivity contribution in [2.45, 2.75) is 6.54 Å². The van der Waals surface area contributed by atoms with Crippen molar-refractivity contribution < 1.29 is 14.3 Å². The number of aliphatic carboxylic acids is 1. The Hall–Kier alpha value is -1.88. The number of hydrogen-bond donors (Lipinski definition) is 1. The second-order valence-electron chi connectivity index (χ2n) is 3.45. The van der Waals surface area contributed by atoms with Crippen molar-refractivity contribution in [2.75, 3.05) is 0 Å². The monoisotopic (exact) mass is 254 g/mol. The lowest BCUT2D eigenvalue weighted by molar-refractivity contribution is -0.137. The van der Waals surface area contributed by atoms with Crippen molar-refractivity contribution in [3.8, 4) is 11.1 Å². The molecule has 0 aliphatic heterocycles. The topological polar surface area (TPSA) is 55.1 Å². The number of carboxylic acids is 1. The Morgan fingerprint density at radius 1 is 1.47 bits per heavy atom. The van der Waals surface area contributed by atoms with Gasteiger partial charge in [-0.2, -0.15) is 5.10 Å². The van der Waals surface area contributed by atoms with E-state index in [0.29, 0.717) is 11.1 Å². The lowest BCUT2D eigenvalue weighted by Gasteiger charge is -1.99. The zero-order valence-electron chi connectivity index (χ0n) is 8.60. The Kier molecular flexibility index (Phi) is 3.10. The highest BCUT2D eigenvalue weighted by Crippen LogP contribution is 2.24. The van der Waals surface area contributed by atoms with Crippen LogP contribution in [0.1, 0.15) is 0 Å². The van der Waals surface area contributed by atoms with Gasteiger partial charge in [0.1, 0.15) is 12.4 Å². The largest absolute Gasteiger partial charge is 0.480 e. The van der Waals surface area contributed by atoms with Crippen LogP contribution in [0.15, 0.2) is 30.6 Å². The van der Waals surface area contributed by atoms with Crippen LogP contribution >= 0.6 is 11.6 Å². The molecule has 0 unspecified atom stereocenters. The summed E-state index contributed by atoms with van der Waals surface area (Å²) in [5, 5.41) is 12.5. The van der Waals surface area contributed by atoms with Crippen molar-refractivity contribution in [2.24, 2.45) is 0 Å². The normalized spacial score (nSPS) is 10.5. The van der Waals surface area contributed by atoms with Gasteiger partial charge in [-0.05, 0) is 17.7 Å². The van der Waals surface area contributed by atoms with Crippen molar-refractivity contribution in [1.29, 1.82) is 0 Å². The summed E-state index contributed by atoms with van der Waals surface area (Å²) in [5.41, 5.74) is 1.38. The standard InChI is InChI=1S/C11H8ClFN2O2/c12-9-3-7(1-2-10(9)13)8-4-14-15(5-8)6-11(16)17/h1-5H,6H2,(H,16,17). The molecule has 17 heavy (non-hydrogen) atoms. The lowest BCUT2D eigenvalue weighted by Crippen LogP contribution is -2.08. The molecule has 2 aromatic rings. The highest BCUT2D eigenvalue weighted by Gasteiger charge is 2.06. The van der Waals surface area contributed by atoms with Crippen LogP contribution in [0.2, 0.25) is 5.02 Å². The lowest BCUT2D eigenvalue weighted by atomic mass is 10.1. The van der Waals surface area contributed by atoms with Gasteiger partial charge in [0.05, 0.1) is 11.2 Å². The molecule has 0 aliphatic rings. The molecule has 0 saturated carbocycles. The fourth-order valence-electron chi connectivity index (χ4n) is 1.41. The van der Waals surface area contributed by atoms with Gasteiger partial charge in [-0.25, -0.2) is 4.39 Å². The highest BCUT2D eigenvalue weighted by molar-refractivity contribution is 6.31. The van der Waals surface area contributed by atoms with E-state index >= 15 is 0 Å². The van der Waals surface area contributed by atoms with E-state index in [2.05, 4.69) is 5.10 Å². The maximum atomic E-state index is 13.0. The van der Waals surface area contributed by atoms with Gasteiger partial charge in [-0.15, -0.1) is 0 Å². The third kappa shape index (κ3) is 2.62. The minimum atomic E-state index is -0.975. The van der Waals surface area contributed by atoms with Crippen LogP contribution < -0.4 is 0 Å². The van der Waals surface area contributed by atoms with Gasteiger partial charge in [0.2, 0.25) is 0 Å². The Labute approximate surface area is 101 Å². The molecule has 0 amide bonds. The molecule has 1 aromatic carbocycles. The van der Waals surface area contributed by atoms with E-state index in [1.165, 1.54) is 23.0 Å². The third-order valence-corrected chi connectivity index (χ3v) is 2.47. The average molecular weight is 255 g/mol. The Morgan fingerprint density at radius 3 is 2.88 bits per heavy atom. The average Bonchev–Trinajstić information content (AvgIpc) is 2.69. The molecular weight excluding hydrogens is 247 g/mol. The number of carbonyl (C=O) groups is 1. The van der Waals surface area contributed by atoms with E-state index < -0.39 is 11.8 Å². The van der Waals surface area contributed by atoms with E-state index in [0.717, 1.165) is 0 Å². The van der Waals surface area contributed by atoms with Gasteiger partial charge in [-0.1, -0.05) is 17.7 Å². The molecule has 88 valence electrons. The first-order valence-corrected chi connectivity index (χ1v) is 5.14. The summed E-state index contributed by atoms with van der Waals surface area (Å²) in [6.45, 7) is -0.213. The Bertz CT molecular complexity index is 568. The smallest absolute Gasteiger partial charge is 0.325 e. The van der Waals surface area contributed by atoms with Crippen LogP contribution in [0.5, 0.6) is 0 Å². The van der Waals surface area contributed by atoms with Crippen molar-refractivity contribution >= 4 is 17.6 Å². The minimum absolute atomic E-state index is 0.0217. The molecule has 0 bridgehead atoms. The second-order valence-corrected chi connectivity index (χ2v) is 3.86. The highest BCUT2D eigenvalue weighted by atomic mass is 35.5. The van der Waals surface area contributed by atoms with E-state index in [1.807, 2.05) is 0 Å². The molecule has 0 saturated heterocycles. The van der Waals surface area contributed by atoms with E-state index in [1.54, 1.807) is 12.3 Å². The first kappa shape index (κ1) is 11.6. The number of aromatic nitrogens is 2. The van der Waals surface area contributed by atoms with Crippen molar-refractivity contribution in [1.82, 2.24) is 9.78 Å². The van der Waals surface area contributed by atoms with Gasteiger partial charge in [0.15, 0.2) is 0 Å². The number of nitrogens with zero attached hydrogens (tertiary/aromatic N) is 2. The SMILES string of the molecule is O=C(O)Cn1cc(-c2ccc(F)c(Cl)c2)cn1. The van der Waals surface area contributed by atoms with Crippen LogP contribution in [-0.4, -0.2) is 20.9 Å². The van der Waals surface area contributed by atoms with Crippen LogP contribution in [0.25, 0.3) is 11.1 Å². The number of rotatable bonds is 3. The Morgan fingerprint density at radius 2 is 2.24 bits per heavy atom. The van der Waals surface area contributed by atoms with Crippen LogP contribution in [0.4, 0.5) is 4.39 Å². The molecule has 1 heterocycles. The van der Waals surface area contributed by atoms with Gasteiger partial charge in [-0.3, -0.25) is 9.48 Å². The molecule has 1 aromatic heterocycles. The molecule has 6 heteroatoms. The summed E-state index contributed by atoms with van der Waals surface area (Å²) >= 11 is 5.66. The summed E-state index contributed by atoms with van der Waals surface area (Å²) < 4.78 is 14.2. The number of benzene rings is 1. The first-order chi connectivity index (χ1) is 8.06. The molecule has 0 atom stereocenters. The van der Waals surface area contributed by atoms with Gasteiger partial charge < -0.3 is 5.11 Å². The Balaban J connectivity index is 2.30. The molecule has 0 spiro atoms. The molecule has 0 aliphatic carbocycles. The van der Waals surface area contributed by atoms with E-state index in [-0.39, 0.29) is 11.6 Å². The van der Waals surface area contributed by atoms with Crippen molar-refractivity contribution in [3.63, 3.8) is 0 Å². The summed E-state index contributed by atoms with van der Waals surface area (Å²) in [6, 6.07) is 4.29. The molecule has 0 fully saturated rings. The van der Waals surface area contributed by atoms with Gasteiger partial charge in [0, 0.05) is 11.8 Å². The quantitative estimate of drug-likeness (QED) is 0.915. The maximum Gasteiger partial charge on any atom is 0.325 e. The number of carboxylic acid groups (broad SMARTS) is 1. The maximum absolute atomic E-state index is 13.0. The molecule has 2 rings (SSSR count). The number of hydrogen-bond acceptors (Lipinski definition) is 2. The van der Waals surface area contributed by atoms with Crippen molar-refractivity contribution in [3.05, 3.63) is 41.4 Å². The molecule has 4 nitrogen and oxygen atoms in total. The summed E-state index contributed by atoms with van der Waals surface area (Å²) in [4.78, 5) is 10.5. The van der Waals surface area contributed by atoms with Gasteiger partial charge >= 0.3 is 5.97 Å². The summed E-state index contributed by atoms with van der Waals surface area (Å²) in [5.74, 6) is -1.47. The van der Waals surface area contributed by atoms with Crippen LogP contribution in [-0.2, 0) is 11.3 Å². The fourth-order valence-corrected chi connectivity index (χ4v) is 1.59. The van der Waals surface area contributed by atoms with Crippen LogP contribution in [0, 0.1) is 5.82 Å². The van der Waals surface area contributed by atoms with Gasteiger partial charge in [0.25, 0.3) is 0 Å². The summed E-state index contributed by atoms with van der Waals surface area (Å²) in [7, 11) is 0. The minimum Gasteiger partial charge on any atom is -0.480 e. The first-order valence-electron chi connectivity index (χ1n) is 4.76. The second kappa shape index (κ2) is 4.55. The van der Waals surface area contributed by atoms with E-state index in [4.69, 9.17) is 16.7 Å². The zero-order valence-corrected chi connectivity index (χ0v) is 9.36. The molecule has 1 N–H and O–H groups in total. The fraction of sp³-hybridized carbons (Fsp3) is 0.0909. The molecular formula is C11H8ClFN2O2. The predicted octanol–water partition coefficient (Wildman–Crippen LogP) is 2.43. The predicted molar refractivity (Wildman–Crippen MR) is 60.3 cm³/mol. The summed E-state index contributed by atoms with van der Waals surface area (Å²) in [6.07, 6.45) is 3.07. The van der Waals surface area contributed by atoms with Crippen LogP contribution in [0.3, 0.4) is 0 Å². The third-order valence-electron chi connectivity index (χ3n) is 2.18. The zero-order chi connectivity index (χ0) is 12.4. The number of halogens is 2. The molecule has 0 radical (unpaired) electrons. The van der Waals surface area contributed by atoms with E-state index in [9.17, 15) is 9.18 Å².